The number of rotatable bonds is 15. The average molecular weight is 447 g/mol. The van der Waals surface area contributed by atoms with E-state index < -0.39 is 18.0 Å². The highest BCUT2D eigenvalue weighted by molar-refractivity contribution is 7.99. The molecular formula is C20H34N2O7S. The number of hydrogen-bond donors (Lipinski definition) is 3. The van der Waals surface area contributed by atoms with Gasteiger partial charge in [-0.15, -0.1) is 0 Å². The molecule has 0 aromatic carbocycles. The summed E-state index contributed by atoms with van der Waals surface area (Å²) in [5.74, 6) is -0.689. The lowest BCUT2D eigenvalue weighted by Crippen LogP contribution is -2.38. The van der Waals surface area contributed by atoms with Gasteiger partial charge >= 0.3 is 11.9 Å². The number of carbonyl (C=O) groups excluding carboxylic acids is 4. The van der Waals surface area contributed by atoms with Crippen LogP contribution in [0, 0.1) is 5.92 Å². The van der Waals surface area contributed by atoms with Crippen molar-refractivity contribution in [1.82, 2.24) is 10.6 Å². The summed E-state index contributed by atoms with van der Waals surface area (Å²) in [6.45, 7) is 9.98. The van der Waals surface area contributed by atoms with Crippen LogP contribution in [0.15, 0.2) is 12.2 Å². The van der Waals surface area contributed by atoms with Crippen LogP contribution in [0.25, 0.3) is 0 Å². The Balaban J connectivity index is 4.21. The molecule has 0 saturated carbocycles. The molecule has 0 saturated heterocycles. The maximum absolute atomic E-state index is 12.2. The van der Waals surface area contributed by atoms with Crippen molar-refractivity contribution in [3.8, 4) is 0 Å². The Morgan fingerprint density at radius 2 is 1.77 bits per heavy atom. The first kappa shape index (κ1) is 27.9. The number of aliphatic hydroxyl groups excluding tert-OH is 1. The topological polar surface area (TPSA) is 131 Å². The fraction of sp³-hybridized carbons (Fsp3) is 0.700. The van der Waals surface area contributed by atoms with Gasteiger partial charge in [-0.05, 0) is 27.2 Å². The summed E-state index contributed by atoms with van der Waals surface area (Å²) < 4.78 is 9.73. The predicted molar refractivity (Wildman–Crippen MR) is 115 cm³/mol. The number of carbonyl (C=O) groups is 4. The lowest BCUT2D eigenvalue weighted by molar-refractivity contribution is -0.150. The van der Waals surface area contributed by atoms with Crippen molar-refractivity contribution in [3.05, 3.63) is 12.2 Å². The van der Waals surface area contributed by atoms with Crippen LogP contribution in [-0.4, -0.2) is 72.3 Å². The second-order valence-corrected chi connectivity index (χ2v) is 8.12. The Labute approximate surface area is 182 Å². The summed E-state index contributed by atoms with van der Waals surface area (Å²) in [6, 6.07) is -0.138. The number of aliphatic hydroxyl groups is 1. The summed E-state index contributed by atoms with van der Waals surface area (Å²) in [7, 11) is 0. The zero-order valence-corrected chi connectivity index (χ0v) is 19.0. The summed E-state index contributed by atoms with van der Waals surface area (Å²) in [6.07, 6.45) is -0.494. The van der Waals surface area contributed by atoms with Gasteiger partial charge in [-0.2, -0.15) is 11.8 Å². The van der Waals surface area contributed by atoms with Crippen LogP contribution in [0.5, 0.6) is 0 Å². The first-order valence-corrected chi connectivity index (χ1v) is 11.0. The Morgan fingerprint density at radius 3 is 2.33 bits per heavy atom. The Kier molecular flexibility index (Phi) is 14.6. The highest BCUT2D eigenvalue weighted by atomic mass is 32.2. The van der Waals surface area contributed by atoms with Crippen LogP contribution in [0.4, 0.5) is 0 Å². The van der Waals surface area contributed by atoms with Crippen LogP contribution in [-0.2, 0) is 28.7 Å². The van der Waals surface area contributed by atoms with E-state index in [1.165, 1.54) is 25.6 Å². The molecule has 9 nitrogen and oxygen atoms in total. The third-order valence-electron chi connectivity index (χ3n) is 3.77. The second-order valence-electron chi connectivity index (χ2n) is 6.97. The van der Waals surface area contributed by atoms with Crippen molar-refractivity contribution in [2.24, 2.45) is 5.92 Å². The summed E-state index contributed by atoms with van der Waals surface area (Å²) in [5.41, 5.74) is 0.216. The summed E-state index contributed by atoms with van der Waals surface area (Å²) >= 11 is 1.44. The Hall–Kier alpha value is -2.07. The molecule has 10 heteroatoms. The first-order chi connectivity index (χ1) is 14.1. The van der Waals surface area contributed by atoms with Crippen LogP contribution in [0.1, 0.15) is 40.5 Å². The molecule has 0 heterocycles. The van der Waals surface area contributed by atoms with Gasteiger partial charge in [0.25, 0.3) is 0 Å². The smallest absolute Gasteiger partial charge is 0.333 e. The van der Waals surface area contributed by atoms with Gasteiger partial charge in [-0.25, -0.2) is 4.79 Å². The molecule has 0 rings (SSSR count). The molecule has 0 bridgehead atoms. The molecule has 0 aromatic heterocycles. The number of ether oxygens (including phenoxy) is 2. The van der Waals surface area contributed by atoms with Crippen molar-refractivity contribution in [2.45, 2.75) is 52.7 Å². The number of hydrogen-bond acceptors (Lipinski definition) is 8. The Morgan fingerprint density at radius 1 is 1.13 bits per heavy atom. The highest BCUT2D eigenvalue weighted by Gasteiger charge is 2.21. The minimum Gasteiger partial charge on any atom is -0.463 e. The quantitative estimate of drug-likeness (QED) is 0.191. The SMILES string of the molecule is C=C(C)C(=O)OCC(O)COC(=O)CCSCC(CC(C)NC(C)=O)C(=O)NCC. The molecular weight excluding hydrogens is 412 g/mol. The highest BCUT2D eigenvalue weighted by Crippen LogP contribution is 2.16. The van der Waals surface area contributed by atoms with Gasteiger partial charge in [-0.1, -0.05) is 6.58 Å². The third kappa shape index (κ3) is 14.0. The van der Waals surface area contributed by atoms with Crippen molar-refractivity contribution in [1.29, 1.82) is 0 Å². The summed E-state index contributed by atoms with van der Waals surface area (Å²) in [4.78, 5) is 46.4. The van der Waals surface area contributed by atoms with Gasteiger partial charge < -0.3 is 25.2 Å². The third-order valence-corrected chi connectivity index (χ3v) is 4.90. The zero-order valence-electron chi connectivity index (χ0n) is 18.2. The van der Waals surface area contributed by atoms with Crippen LogP contribution in [0.2, 0.25) is 0 Å². The minimum absolute atomic E-state index is 0.0859. The van der Waals surface area contributed by atoms with E-state index in [2.05, 4.69) is 17.2 Å². The maximum atomic E-state index is 12.2. The zero-order chi connectivity index (χ0) is 23.1. The van der Waals surface area contributed by atoms with E-state index in [-0.39, 0.29) is 49.0 Å². The monoisotopic (exact) mass is 446 g/mol. The van der Waals surface area contributed by atoms with E-state index in [9.17, 15) is 24.3 Å². The van der Waals surface area contributed by atoms with E-state index >= 15 is 0 Å². The van der Waals surface area contributed by atoms with Crippen molar-refractivity contribution < 1.29 is 33.8 Å². The fourth-order valence-corrected chi connectivity index (χ4v) is 3.44. The van der Waals surface area contributed by atoms with E-state index in [1.807, 2.05) is 13.8 Å². The van der Waals surface area contributed by atoms with Gasteiger partial charge in [-0.3, -0.25) is 14.4 Å². The Bertz CT molecular complexity index is 598. The second kappa shape index (κ2) is 15.7. The molecule has 3 N–H and O–H groups in total. The van der Waals surface area contributed by atoms with Crippen molar-refractivity contribution in [3.63, 3.8) is 0 Å². The lowest BCUT2D eigenvalue weighted by atomic mass is 10.0. The number of thioether (sulfide) groups is 1. The minimum atomic E-state index is -1.11. The number of nitrogens with one attached hydrogen (secondary N) is 2. The van der Waals surface area contributed by atoms with E-state index in [1.54, 1.807) is 0 Å². The molecule has 2 amide bonds. The fourth-order valence-electron chi connectivity index (χ4n) is 2.39. The number of amides is 2. The first-order valence-electron chi connectivity index (χ1n) is 9.85. The predicted octanol–water partition coefficient (Wildman–Crippen LogP) is 0.800. The standard InChI is InChI=1S/C20H34N2O7S/c1-6-21-19(26)16(9-14(4)22-15(5)23)12-30-8-7-18(25)28-10-17(24)11-29-20(27)13(2)3/h14,16-17,24H,2,6-12H2,1,3-5H3,(H,21,26)(H,22,23). The van der Waals surface area contributed by atoms with Gasteiger partial charge in [0.2, 0.25) is 11.8 Å². The van der Waals surface area contributed by atoms with E-state index in [4.69, 9.17) is 9.47 Å². The molecule has 172 valence electrons. The average Bonchev–Trinajstić information content (AvgIpc) is 2.66. The number of esters is 2. The summed E-state index contributed by atoms with van der Waals surface area (Å²) in [5, 5.41) is 15.2. The van der Waals surface area contributed by atoms with Crippen LogP contribution >= 0.6 is 11.8 Å². The van der Waals surface area contributed by atoms with Gasteiger partial charge in [0, 0.05) is 42.5 Å². The largest absolute Gasteiger partial charge is 0.463 e. The maximum Gasteiger partial charge on any atom is 0.333 e. The van der Waals surface area contributed by atoms with Crippen LogP contribution < -0.4 is 10.6 Å². The van der Waals surface area contributed by atoms with Crippen molar-refractivity contribution >= 4 is 35.5 Å². The van der Waals surface area contributed by atoms with Crippen LogP contribution in [0.3, 0.4) is 0 Å². The van der Waals surface area contributed by atoms with Gasteiger partial charge in [0.1, 0.15) is 19.3 Å². The van der Waals surface area contributed by atoms with Gasteiger partial charge in [0.15, 0.2) is 0 Å². The molecule has 0 radical (unpaired) electrons. The van der Waals surface area contributed by atoms with E-state index in [0.29, 0.717) is 24.5 Å². The molecule has 0 fully saturated rings. The molecule has 0 aromatic rings. The molecule has 0 aliphatic rings. The van der Waals surface area contributed by atoms with Crippen molar-refractivity contribution in [2.75, 3.05) is 31.3 Å². The molecule has 0 aliphatic carbocycles. The van der Waals surface area contributed by atoms with E-state index in [0.717, 1.165) is 0 Å². The molecule has 3 unspecified atom stereocenters. The molecule has 0 spiro atoms. The molecule has 0 aliphatic heterocycles. The molecule has 30 heavy (non-hydrogen) atoms. The van der Waals surface area contributed by atoms with Gasteiger partial charge in [0.05, 0.1) is 6.42 Å². The lowest BCUT2D eigenvalue weighted by Gasteiger charge is -2.20. The normalized spacial score (nSPS) is 13.5. The molecule has 3 atom stereocenters.